The fourth-order valence-electron chi connectivity index (χ4n) is 4.26. The molecular weight excluding hydrogens is 314 g/mol. The summed E-state index contributed by atoms with van der Waals surface area (Å²) in [6, 6.07) is 16.4. The van der Waals surface area contributed by atoms with E-state index >= 15 is 0 Å². The van der Waals surface area contributed by atoms with E-state index in [9.17, 15) is 9.90 Å². The third-order valence-electron chi connectivity index (χ3n) is 5.52. The van der Waals surface area contributed by atoms with Crippen LogP contribution in [-0.4, -0.2) is 42.8 Å². The summed E-state index contributed by atoms with van der Waals surface area (Å²) in [6.45, 7) is 3.79. The number of carbonyl (C=O) groups is 1. The number of rotatable bonds is 3. The van der Waals surface area contributed by atoms with Gasteiger partial charge in [0, 0.05) is 43.3 Å². The lowest BCUT2D eigenvalue weighted by Gasteiger charge is -2.28. The molecule has 0 aliphatic carbocycles. The van der Waals surface area contributed by atoms with Gasteiger partial charge < -0.3 is 10.4 Å². The lowest BCUT2D eigenvalue weighted by molar-refractivity contribution is 0.203. The number of amides is 1. The summed E-state index contributed by atoms with van der Waals surface area (Å²) in [6.07, 6.45) is 0.124. The molecule has 0 saturated carbocycles. The van der Waals surface area contributed by atoms with Gasteiger partial charge in [0.2, 0.25) is 0 Å². The van der Waals surface area contributed by atoms with Crippen LogP contribution < -0.4 is 10.2 Å². The van der Waals surface area contributed by atoms with E-state index in [-0.39, 0.29) is 5.41 Å². The van der Waals surface area contributed by atoms with Gasteiger partial charge in [0.05, 0.1) is 5.69 Å². The fourth-order valence-corrected chi connectivity index (χ4v) is 4.26. The van der Waals surface area contributed by atoms with Gasteiger partial charge in [-0.3, -0.25) is 9.80 Å². The summed E-state index contributed by atoms with van der Waals surface area (Å²) in [5.74, 6) is 0. The van der Waals surface area contributed by atoms with E-state index in [2.05, 4.69) is 40.5 Å². The van der Waals surface area contributed by atoms with E-state index < -0.39 is 6.09 Å². The standard InChI is InChI=1S/C20H23N3O2/c1-22(19(24)25)17-9-5-8-16-18(17)20(13-21-16)10-11-23(14-20)12-15-6-3-2-4-7-15/h2-9,21H,10-14H2,1H3,(H,24,25). The highest BCUT2D eigenvalue weighted by Crippen LogP contribution is 2.48. The maximum absolute atomic E-state index is 11.5. The van der Waals surface area contributed by atoms with Gasteiger partial charge in [0.1, 0.15) is 0 Å². The van der Waals surface area contributed by atoms with E-state index in [0.29, 0.717) is 0 Å². The predicted octanol–water partition coefficient (Wildman–Crippen LogP) is 3.37. The van der Waals surface area contributed by atoms with Gasteiger partial charge in [0.15, 0.2) is 0 Å². The lowest BCUT2D eigenvalue weighted by Crippen LogP contribution is -2.35. The van der Waals surface area contributed by atoms with Gasteiger partial charge in [-0.2, -0.15) is 0 Å². The zero-order chi connectivity index (χ0) is 17.4. The van der Waals surface area contributed by atoms with E-state index in [4.69, 9.17) is 0 Å². The number of hydrogen-bond acceptors (Lipinski definition) is 3. The average molecular weight is 337 g/mol. The van der Waals surface area contributed by atoms with Crippen molar-refractivity contribution in [2.75, 3.05) is 36.9 Å². The van der Waals surface area contributed by atoms with Gasteiger partial charge in [-0.25, -0.2) is 4.79 Å². The first-order chi connectivity index (χ1) is 12.1. The Morgan fingerprint density at radius 2 is 2.04 bits per heavy atom. The van der Waals surface area contributed by atoms with Crippen LogP contribution in [0.25, 0.3) is 0 Å². The zero-order valence-electron chi connectivity index (χ0n) is 14.4. The molecule has 1 atom stereocenters. The highest BCUT2D eigenvalue weighted by molar-refractivity contribution is 5.89. The number of fused-ring (bicyclic) bond motifs is 2. The maximum atomic E-state index is 11.5. The van der Waals surface area contributed by atoms with Crippen molar-refractivity contribution >= 4 is 17.5 Å². The normalized spacial score (nSPS) is 22.0. The van der Waals surface area contributed by atoms with E-state index in [1.807, 2.05) is 18.2 Å². The molecule has 25 heavy (non-hydrogen) atoms. The molecule has 2 aliphatic heterocycles. The first-order valence-corrected chi connectivity index (χ1v) is 8.69. The second-order valence-corrected chi connectivity index (χ2v) is 7.12. The Bertz CT molecular complexity index is 793. The van der Waals surface area contributed by atoms with Crippen molar-refractivity contribution < 1.29 is 9.90 Å². The van der Waals surface area contributed by atoms with Crippen molar-refractivity contribution in [3.63, 3.8) is 0 Å². The molecule has 1 fully saturated rings. The minimum Gasteiger partial charge on any atom is -0.465 e. The molecule has 1 amide bonds. The summed E-state index contributed by atoms with van der Waals surface area (Å²) in [7, 11) is 1.63. The minimum atomic E-state index is -0.922. The molecule has 2 N–H and O–H groups in total. The fraction of sp³-hybridized carbons (Fsp3) is 0.350. The first kappa shape index (κ1) is 16.0. The second-order valence-electron chi connectivity index (χ2n) is 7.12. The number of nitrogens with one attached hydrogen (secondary N) is 1. The molecule has 130 valence electrons. The molecule has 2 aromatic carbocycles. The maximum Gasteiger partial charge on any atom is 0.411 e. The quantitative estimate of drug-likeness (QED) is 0.902. The summed E-state index contributed by atoms with van der Waals surface area (Å²) >= 11 is 0. The summed E-state index contributed by atoms with van der Waals surface area (Å²) in [5, 5.41) is 12.9. The topological polar surface area (TPSA) is 55.8 Å². The largest absolute Gasteiger partial charge is 0.465 e. The molecule has 0 bridgehead atoms. The van der Waals surface area contributed by atoms with Crippen LogP contribution in [0.2, 0.25) is 0 Å². The summed E-state index contributed by atoms with van der Waals surface area (Å²) in [5.41, 5.74) is 4.35. The number of hydrogen-bond donors (Lipinski definition) is 2. The molecular formula is C20H23N3O2. The molecule has 2 aliphatic rings. The van der Waals surface area contributed by atoms with Crippen molar-refractivity contribution in [2.45, 2.75) is 18.4 Å². The third-order valence-corrected chi connectivity index (χ3v) is 5.52. The molecule has 2 aromatic rings. The van der Waals surface area contributed by atoms with Crippen molar-refractivity contribution in [2.24, 2.45) is 0 Å². The summed E-state index contributed by atoms with van der Waals surface area (Å²) in [4.78, 5) is 15.3. The summed E-state index contributed by atoms with van der Waals surface area (Å²) < 4.78 is 0. The van der Waals surface area contributed by atoms with Crippen LogP contribution >= 0.6 is 0 Å². The van der Waals surface area contributed by atoms with Gasteiger partial charge in [-0.15, -0.1) is 0 Å². The Morgan fingerprint density at radius 1 is 1.24 bits per heavy atom. The van der Waals surface area contributed by atoms with Gasteiger partial charge in [-0.1, -0.05) is 36.4 Å². The second kappa shape index (κ2) is 6.08. The van der Waals surface area contributed by atoms with Crippen LogP contribution in [0.1, 0.15) is 17.5 Å². The smallest absolute Gasteiger partial charge is 0.411 e. The molecule has 0 aromatic heterocycles. The highest BCUT2D eigenvalue weighted by Gasteiger charge is 2.46. The molecule has 5 heteroatoms. The molecule has 4 rings (SSSR count). The van der Waals surface area contributed by atoms with Gasteiger partial charge in [0.25, 0.3) is 0 Å². The number of benzene rings is 2. The SMILES string of the molecule is CN(C(=O)O)c1cccc2c1C1(CCN(Cc3ccccc3)C1)CN2. The van der Waals surface area contributed by atoms with Crippen LogP contribution in [-0.2, 0) is 12.0 Å². The number of carboxylic acid groups (broad SMARTS) is 1. The molecule has 5 nitrogen and oxygen atoms in total. The average Bonchev–Trinajstić information content (AvgIpc) is 3.20. The minimum absolute atomic E-state index is 0.00951. The van der Waals surface area contributed by atoms with Crippen LogP contribution in [0.15, 0.2) is 48.5 Å². The van der Waals surface area contributed by atoms with Crippen molar-refractivity contribution in [1.82, 2.24) is 4.90 Å². The third kappa shape index (κ3) is 2.74. The first-order valence-electron chi connectivity index (χ1n) is 8.69. The number of likely N-dealkylation sites (tertiary alicyclic amines) is 1. The monoisotopic (exact) mass is 337 g/mol. The Balaban J connectivity index is 1.63. The van der Waals surface area contributed by atoms with Crippen molar-refractivity contribution in [3.8, 4) is 0 Å². The van der Waals surface area contributed by atoms with Crippen LogP contribution in [0.3, 0.4) is 0 Å². The molecule has 1 unspecified atom stereocenters. The van der Waals surface area contributed by atoms with Crippen LogP contribution in [0.5, 0.6) is 0 Å². The van der Waals surface area contributed by atoms with Crippen LogP contribution in [0, 0.1) is 0 Å². The molecule has 1 saturated heterocycles. The van der Waals surface area contributed by atoms with Crippen LogP contribution in [0.4, 0.5) is 16.2 Å². The van der Waals surface area contributed by atoms with Crippen molar-refractivity contribution in [3.05, 3.63) is 59.7 Å². The lowest BCUT2D eigenvalue weighted by atomic mass is 9.80. The number of anilines is 2. The van der Waals surface area contributed by atoms with E-state index in [1.165, 1.54) is 10.5 Å². The Kier molecular flexibility index (Phi) is 3.88. The zero-order valence-corrected chi connectivity index (χ0v) is 14.4. The number of nitrogens with zero attached hydrogens (tertiary/aromatic N) is 2. The predicted molar refractivity (Wildman–Crippen MR) is 99.4 cm³/mol. The molecule has 2 heterocycles. The Labute approximate surface area is 147 Å². The highest BCUT2D eigenvalue weighted by atomic mass is 16.4. The van der Waals surface area contributed by atoms with E-state index in [1.54, 1.807) is 7.05 Å². The molecule has 0 radical (unpaired) electrons. The van der Waals surface area contributed by atoms with E-state index in [0.717, 1.165) is 49.5 Å². The van der Waals surface area contributed by atoms with Gasteiger partial charge in [-0.05, 0) is 30.7 Å². The Morgan fingerprint density at radius 3 is 2.80 bits per heavy atom. The van der Waals surface area contributed by atoms with Gasteiger partial charge >= 0.3 is 6.09 Å². The Hall–Kier alpha value is -2.53. The molecule has 1 spiro atoms. The van der Waals surface area contributed by atoms with Crippen molar-refractivity contribution in [1.29, 1.82) is 0 Å².